The molecule has 2 heterocycles. The van der Waals surface area contributed by atoms with Gasteiger partial charge in [0, 0.05) is 42.6 Å². The summed E-state index contributed by atoms with van der Waals surface area (Å²) in [5.74, 6) is 0. The van der Waals surface area contributed by atoms with Gasteiger partial charge in [-0.05, 0) is 38.8 Å². The number of nitrogens with one attached hydrogen (secondary N) is 1. The molecule has 3 nitrogen and oxygen atoms in total. The first kappa shape index (κ1) is 15.0. The Kier molecular flexibility index (Phi) is 5.39. The Morgan fingerprint density at radius 3 is 2.89 bits per heavy atom. The summed E-state index contributed by atoms with van der Waals surface area (Å²) in [7, 11) is 2.04. The Balaban J connectivity index is 2.02. The average Bonchev–Trinajstić information content (AvgIpc) is 3.01. The molecule has 0 spiro atoms. The van der Waals surface area contributed by atoms with Gasteiger partial charge < -0.3 is 10.1 Å². The molecule has 1 aromatic rings. The van der Waals surface area contributed by atoms with Gasteiger partial charge in [-0.3, -0.25) is 4.90 Å². The van der Waals surface area contributed by atoms with Gasteiger partial charge in [-0.2, -0.15) is 0 Å². The first-order valence-electron chi connectivity index (χ1n) is 7.14. The maximum absolute atomic E-state index is 5.66. The van der Waals surface area contributed by atoms with E-state index in [-0.39, 0.29) is 5.41 Å². The fourth-order valence-electron chi connectivity index (χ4n) is 2.80. The van der Waals surface area contributed by atoms with E-state index in [1.54, 1.807) is 0 Å². The molecule has 1 aliphatic heterocycles. The van der Waals surface area contributed by atoms with Gasteiger partial charge >= 0.3 is 0 Å². The molecule has 1 N–H and O–H groups in total. The van der Waals surface area contributed by atoms with Crippen LogP contribution in [0.5, 0.6) is 0 Å². The van der Waals surface area contributed by atoms with Crippen molar-refractivity contribution in [1.29, 1.82) is 0 Å². The normalized spacial score (nSPS) is 23.6. The molecular formula is C15H26N2OS. The molecule has 0 saturated carbocycles. The fourth-order valence-corrected chi connectivity index (χ4v) is 3.53. The summed E-state index contributed by atoms with van der Waals surface area (Å²) in [6.07, 6.45) is 1.17. The van der Waals surface area contributed by atoms with Crippen molar-refractivity contribution < 1.29 is 4.74 Å². The van der Waals surface area contributed by atoms with Gasteiger partial charge in [0.05, 0.1) is 6.61 Å². The van der Waals surface area contributed by atoms with Crippen molar-refractivity contribution in [2.75, 3.05) is 33.4 Å². The van der Waals surface area contributed by atoms with Crippen LogP contribution in [0, 0.1) is 5.41 Å². The van der Waals surface area contributed by atoms with Crippen LogP contribution in [-0.2, 0) is 11.3 Å². The van der Waals surface area contributed by atoms with Crippen LogP contribution in [0.4, 0.5) is 0 Å². The average molecular weight is 282 g/mol. The van der Waals surface area contributed by atoms with Crippen LogP contribution in [0.15, 0.2) is 17.5 Å². The number of thiophene rings is 1. The number of hydrogen-bond donors (Lipinski definition) is 1. The number of ether oxygens (including phenoxy) is 1. The van der Waals surface area contributed by atoms with E-state index in [0.29, 0.717) is 6.04 Å². The smallest absolute Gasteiger partial charge is 0.0547 e. The van der Waals surface area contributed by atoms with Crippen LogP contribution < -0.4 is 5.32 Å². The second-order valence-electron chi connectivity index (χ2n) is 5.91. The zero-order valence-corrected chi connectivity index (χ0v) is 13.1. The topological polar surface area (TPSA) is 24.5 Å². The molecule has 1 aliphatic rings. The van der Waals surface area contributed by atoms with Crippen LogP contribution in [-0.4, -0.2) is 44.3 Å². The van der Waals surface area contributed by atoms with Gasteiger partial charge in [0.15, 0.2) is 0 Å². The molecule has 0 amide bonds. The predicted molar refractivity (Wildman–Crippen MR) is 81.7 cm³/mol. The Hall–Kier alpha value is -0.420. The molecule has 4 heteroatoms. The van der Waals surface area contributed by atoms with E-state index in [9.17, 15) is 0 Å². The molecule has 19 heavy (non-hydrogen) atoms. The second-order valence-corrected chi connectivity index (χ2v) is 6.94. The van der Waals surface area contributed by atoms with Crippen LogP contribution >= 0.6 is 11.3 Å². The Morgan fingerprint density at radius 2 is 2.37 bits per heavy atom. The minimum absolute atomic E-state index is 0.288. The summed E-state index contributed by atoms with van der Waals surface area (Å²) < 4.78 is 5.66. The van der Waals surface area contributed by atoms with Crippen LogP contribution in [0.25, 0.3) is 0 Å². The maximum atomic E-state index is 5.66. The second kappa shape index (κ2) is 6.84. The van der Waals surface area contributed by atoms with Crippen molar-refractivity contribution in [3.05, 3.63) is 22.4 Å². The molecule has 1 saturated heterocycles. The highest BCUT2D eigenvalue weighted by molar-refractivity contribution is 7.09. The standard InChI is InChI=1S/C15H26N2OS/c1-13(2)17(9-14-5-4-8-19-14)11-15(10-16-3)6-7-18-12-15/h4-5,8,13,16H,6-7,9-12H2,1-3H3. The van der Waals surface area contributed by atoms with Crippen molar-refractivity contribution in [3.8, 4) is 0 Å². The number of rotatable bonds is 7. The Morgan fingerprint density at radius 1 is 1.53 bits per heavy atom. The van der Waals surface area contributed by atoms with E-state index in [2.05, 4.69) is 41.6 Å². The van der Waals surface area contributed by atoms with Crippen molar-refractivity contribution in [1.82, 2.24) is 10.2 Å². The van der Waals surface area contributed by atoms with Gasteiger partial charge in [0.2, 0.25) is 0 Å². The molecule has 108 valence electrons. The summed E-state index contributed by atoms with van der Waals surface area (Å²) in [5, 5.41) is 5.51. The zero-order chi connectivity index (χ0) is 13.7. The van der Waals surface area contributed by atoms with E-state index < -0.39 is 0 Å². The van der Waals surface area contributed by atoms with Crippen molar-refractivity contribution in [2.45, 2.75) is 32.9 Å². The van der Waals surface area contributed by atoms with E-state index in [0.717, 1.165) is 32.8 Å². The molecule has 0 aromatic carbocycles. The number of hydrogen-bond acceptors (Lipinski definition) is 4. The van der Waals surface area contributed by atoms with Crippen LogP contribution in [0.2, 0.25) is 0 Å². The highest BCUT2D eigenvalue weighted by Gasteiger charge is 2.36. The highest BCUT2D eigenvalue weighted by Crippen LogP contribution is 2.30. The molecular weight excluding hydrogens is 256 g/mol. The summed E-state index contributed by atoms with van der Waals surface area (Å²) >= 11 is 1.85. The molecule has 2 rings (SSSR count). The third kappa shape index (κ3) is 4.02. The molecule has 0 aliphatic carbocycles. The first-order valence-corrected chi connectivity index (χ1v) is 8.02. The van der Waals surface area contributed by atoms with Crippen LogP contribution in [0.3, 0.4) is 0 Å². The monoisotopic (exact) mass is 282 g/mol. The van der Waals surface area contributed by atoms with E-state index in [4.69, 9.17) is 4.74 Å². The van der Waals surface area contributed by atoms with Crippen molar-refractivity contribution in [3.63, 3.8) is 0 Å². The molecule has 1 aromatic heterocycles. The van der Waals surface area contributed by atoms with E-state index >= 15 is 0 Å². The van der Waals surface area contributed by atoms with Crippen molar-refractivity contribution >= 4 is 11.3 Å². The van der Waals surface area contributed by atoms with Gasteiger partial charge in [-0.25, -0.2) is 0 Å². The SMILES string of the molecule is CNCC1(CN(Cc2cccs2)C(C)C)CCOC1. The lowest BCUT2D eigenvalue weighted by Gasteiger charge is -2.36. The minimum atomic E-state index is 0.288. The van der Waals surface area contributed by atoms with Crippen LogP contribution in [0.1, 0.15) is 25.1 Å². The lowest BCUT2D eigenvalue weighted by Crippen LogP contribution is -2.46. The minimum Gasteiger partial charge on any atom is -0.381 e. The highest BCUT2D eigenvalue weighted by atomic mass is 32.1. The third-order valence-electron chi connectivity index (χ3n) is 3.94. The largest absolute Gasteiger partial charge is 0.381 e. The van der Waals surface area contributed by atoms with Gasteiger partial charge in [0.1, 0.15) is 0 Å². The Bertz CT molecular complexity index is 358. The van der Waals surface area contributed by atoms with Crippen molar-refractivity contribution in [2.24, 2.45) is 5.41 Å². The lowest BCUT2D eigenvalue weighted by molar-refractivity contribution is 0.0903. The summed E-state index contributed by atoms with van der Waals surface area (Å²) in [4.78, 5) is 4.03. The number of nitrogens with zero attached hydrogens (tertiary/aromatic N) is 1. The van der Waals surface area contributed by atoms with Gasteiger partial charge in [-0.15, -0.1) is 11.3 Å². The van der Waals surface area contributed by atoms with E-state index in [1.165, 1.54) is 11.3 Å². The summed E-state index contributed by atoms with van der Waals surface area (Å²) in [6.45, 7) is 9.59. The van der Waals surface area contributed by atoms with Gasteiger partial charge in [-0.1, -0.05) is 6.07 Å². The molecule has 1 unspecified atom stereocenters. The third-order valence-corrected chi connectivity index (χ3v) is 4.81. The zero-order valence-electron chi connectivity index (χ0n) is 12.3. The summed E-state index contributed by atoms with van der Waals surface area (Å²) in [5.41, 5.74) is 0.288. The fraction of sp³-hybridized carbons (Fsp3) is 0.733. The quantitative estimate of drug-likeness (QED) is 0.832. The van der Waals surface area contributed by atoms with E-state index in [1.807, 2.05) is 18.4 Å². The summed E-state index contributed by atoms with van der Waals surface area (Å²) in [6, 6.07) is 4.94. The molecule has 0 bridgehead atoms. The lowest BCUT2D eigenvalue weighted by atomic mass is 9.86. The molecule has 1 atom stereocenters. The van der Waals surface area contributed by atoms with Gasteiger partial charge in [0.25, 0.3) is 0 Å². The first-order chi connectivity index (χ1) is 9.15. The predicted octanol–water partition coefficient (Wildman–Crippen LogP) is 2.58. The molecule has 0 radical (unpaired) electrons. The molecule has 1 fully saturated rings. The maximum Gasteiger partial charge on any atom is 0.0547 e. The Labute approximate surface area is 121 Å².